The van der Waals surface area contributed by atoms with E-state index in [2.05, 4.69) is 5.48 Å². The molecule has 7 rings (SSSR count). The topological polar surface area (TPSA) is 184 Å². The molecule has 0 aromatic heterocycles. The van der Waals surface area contributed by atoms with Crippen LogP contribution in [0.15, 0.2) is 107 Å². The van der Waals surface area contributed by atoms with Crippen LogP contribution in [0, 0.1) is 0 Å². The zero-order valence-electron chi connectivity index (χ0n) is 38.0. The van der Waals surface area contributed by atoms with Crippen molar-refractivity contribution >= 4 is 31.5 Å². The minimum absolute atomic E-state index is 0.00999. The summed E-state index contributed by atoms with van der Waals surface area (Å²) in [4.78, 5) is 31.0. The Morgan fingerprint density at radius 3 is 1.31 bits per heavy atom. The van der Waals surface area contributed by atoms with Crippen LogP contribution in [0.5, 0.6) is 0 Å². The Bertz CT molecular complexity index is 2520. The van der Waals surface area contributed by atoms with Gasteiger partial charge < -0.3 is 14.2 Å². The number of rotatable bonds is 16. The van der Waals surface area contributed by atoms with Crippen LogP contribution in [0.2, 0.25) is 0 Å². The molecule has 68 heavy (non-hydrogen) atoms. The normalized spacial score (nSPS) is 18.7. The molecule has 0 bridgehead atoms. The van der Waals surface area contributed by atoms with Crippen LogP contribution in [-0.2, 0) is 61.2 Å². The van der Waals surface area contributed by atoms with Crippen molar-refractivity contribution in [3.05, 3.63) is 108 Å². The van der Waals surface area contributed by atoms with Crippen LogP contribution in [0.3, 0.4) is 0 Å². The number of nitrogens with one attached hydrogen (secondary N) is 2. The highest BCUT2D eigenvalue weighted by Crippen LogP contribution is 2.38. The average Bonchev–Trinajstić information content (AvgIpc) is 3.35. The number of hydroxylamine groups is 2. The summed E-state index contributed by atoms with van der Waals surface area (Å²) in [6.07, 6.45) is 1.84. The summed E-state index contributed by atoms with van der Waals surface area (Å²) >= 11 is 0. The third-order valence-electron chi connectivity index (χ3n) is 12.6. The maximum absolute atomic E-state index is 13.8. The van der Waals surface area contributed by atoms with E-state index in [1.54, 1.807) is 60.7 Å². The van der Waals surface area contributed by atoms with Crippen molar-refractivity contribution in [2.45, 2.75) is 122 Å². The lowest BCUT2D eigenvalue weighted by Crippen LogP contribution is -2.56. The highest BCUT2D eigenvalue weighted by molar-refractivity contribution is 7.94. The molecular formula is C49H58F4N2O11S2. The SMILES string of the molecule is CC(F)(F)CCc1ccc(-c2ccc(S(=O)(=O)C3(C(=O)NO)CCOCC3)cc2)cc1.CC(F)(F)CCc1ccc(-c2ccc(S(=O)(=O)C3(C(=O)NOC4CCCCO4)CCOCC3)cc2)cc1. The molecule has 0 saturated carbocycles. The number of alkyl halides is 4. The number of halogens is 4. The van der Waals surface area contributed by atoms with E-state index in [0.29, 0.717) is 13.0 Å². The molecule has 3 aliphatic rings. The van der Waals surface area contributed by atoms with Gasteiger partial charge in [-0.05, 0) is 123 Å². The smallest absolute Gasteiger partial charge is 0.265 e. The molecule has 4 aromatic carbocycles. The van der Waals surface area contributed by atoms with Gasteiger partial charge in [0, 0.05) is 52.3 Å². The number of hydrogen-bond acceptors (Lipinski definition) is 11. The van der Waals surface area contributed by atoms with E-state index < -0.39 is 59.1 Å². The molecule has 4 aromatic rings. The molecule has 0 radical (unpaired) electrons. The Morgan fingerprint density at radius 2 is 0.971 bits per heavy atom. The van der Waals surface area contributed by atoms with E-state index >= 15 is 0 Å². The van der Waals surface area contributed by atoms with Crippen molar-refractivity contribution in [1.29, 1.82) is 0 Å². The molecular weight excluding hydrogens is 933 g/mol. The predicted molar refractivity (Wildman–Crippen MR) is 244 cm³/mol. The summed E-state index contributed by atoms with van der Waals surface area (Å²) in [7, 11) is -8.17. The Kier molecular flexibility index (Phi) is 17.3. The molecule has 3 fully saturated rings. The van der Waals surface area contributed by atoms with Crippen molar-refractivity contribution in [3.63, 3.8) is 0 Å². The Balaban J connectivity index is 0.000000228. The second kappa shape index (κ2) is 22.3. The van der Waals surface area contributed by atoms with Gasteiger partial charge in [0.2, 0.25) is 11.8 Å². The van der Waals surface area contributed by atoms with Crippen LogP contribution >= 0.6 is 0 Å². The number of carbonyl (C=O) groups is 2. The van der Waals surface area contributed by atoms with E-state index in [-0.39, 0.29) is 87.6 Å². The molecule has 3 N–H and O–H groups in total. The minimum Gasteiger partial charge on any atom is -0.381 e. The van der Waals surface area contributed by atoms with Crippen molar-refractivity contribution in [2.75, 3.05) is 33.0 Å². The summed E-state index contributed by atoms with van der Waals surface area (Å²) < 4.78 is 119. The highest BCUT2D eigenvalue weighted by atomic mass is 32.2. The molecule has 0 aliphatic carbocycles. The van der Waals surface area contributed by atoms with Crippen LogP contribution in [0.25, 0.3) is 22.3 Å². The summed E-state index contributed by atoms with van der Waals surface area (Å²) in [6, 6.07) is 26.8. The van der Waals surface area contributed by atoms with Gasteiger partial charge in [-0.15, -0.1) is 0 Å². The zero-order valence-corrected chi connectivity index (χ0v) is 39.6. The maximum atomic E-state index is 13.8. The van der Waals surface area contributed by atoms with Gasteiger partial charge in [0.25, 0.3) is 11.8 Å². The second-order valence-corrected chi connectivity index (χ2v) is 22.1. The Labute approximate surface area is 394 Å². The molecule has 19 heteroatoms. The van der Waals surface area contributed by atoms with E-state index in [4.69, 9.17) is 24.3 Å². The number of benzene rings is 4. The number of ether oxygens (including phenoxy) is 3. The molecule has 3 heterocycles. The number of amides is 2. The standard InChI is InChI=1S/C27H33F2NO6S.C22H25F2NO5S/c1-26(28,29)14-13-20-5-7-21(8-6-20)22-9-11-23(12-10-22)37(32,33)27(15-18-34-19-16-27)25(31)30-36-24-4-2-3-17-35-24;1-21(23,24)11-10-16-2-4-17(5-3-16)18-6-8-19(9-7-18)31(28,29)22(20(26)25-27)12-14-30-15-13-22/h5-12,24H,2-4,13-19H2,1H3,(H,30,31);2-9,27H,10-15H2,1H3,(H,25,26). The van der Waals surface area contributed by atoms with Gasteiger partial charge in [0.1, 0.15) is 0 Å². The number of aryl methyl sites for hydroxylation is 2. The highest BCUT2D eigenvalue weighted by Gasteiger charge is 2.53. The maximum Gasteiger partial charge on any atom is 0.265 e. The third kappa shape index (κ3) is 12.7. The van der Waals surface area contributed by atoms with Gasteiger partial charge in [-0.25, -0.2) is 50.2 Å². The fourth-order valence-corrected chi connectivity index (χ4v) is 12.2. The molecule has 3 aliphatic heterocycles. The first kappa shape index (κ1) is 52.6. The van der Waals surface area contributed by atoms with Crippen molar-refractivity contribution in [2.24, 2.45) is 0 Å². The predicted octanol–water partition coefficient (Wildman–Crippen LogP) is 8.61. The average molecular weight is 991 g/mol. The van der Waals surface area contributed by atoms with Gasteiger partial charge in [-0.3, -0.25) is 14.8 Å². The van der Waals surface area contributed by atoms with Gasteiger partial charge in [0.05, 0.1) is 9.79 Å². The van der Waals surface area contributed by atoms with Crippen LogP contribution in [-0.4, -0.2) is 94.5 Å². The first-order chi connectivity index (χ1) is 32.2. The summed E-state index contributed by atoms with van der Waals surface area (Å²) in [6.45, 7) is 2.81. The molecule has 2 amide bonds. The molecule has 1 atom stereocenters. The monoisotopic (exact) mass is 990 g/mol. The van der Waals surface area contributed by atoms with Crippen molar-refractivity contribution in [1.82, 2.24) is 11.0 Å². The largest absolute Gasteiger partial charge is 0.381 e. The first-order valence-corrected chi connectivity index (χ1v) is 25.5. The molecule has 1 unspecified atom stereocenters. The second-order valence-electron chi connectivity index (χ2n) is 17.6. The quantitative estimate of drug-likeness (QED) is 0.0555. The Hall–Kier alpha value is -4.76. The van der Waals surface area contributed by atoms with Gasteiger partial charge in [-0.2, -0.15) is 0 Å². The Morgan fingerprint density at radius 1 is 0.603 bits per heavy atom. The zero-order chi connectivity index (χ0) is 49.2. The van der Waals surface area contributed by atoms with Gasteiger partial charge >= 0.3 is 0 Å². The van der Waals surface area contributed by atoms with Gasteiger partial charge in [-0.1, -0.05) is 72.8 Å². The van der Waals surface area contributed by atoms with Crippen LogP contribution < -0.4 is 11.0 Å². The van der Waals surface area contributed by atoms with E-state index in [1.807, 2.05) is 12.1 Å². The number of hydrogen-bond donors (Lipinski definition) is 3. The van der Waals surface area contributed by atoms with Crippen molar-refractivity contribution < 1.29 is 68.2 Å². The summed E-state index contributed by atoms with van der Waals surface area (Å²) in [5.74, 6) is -7.11. The molecule has 3 saturated heterocycles. The molecule has 13 nitrogen and oxygen atoms in total. The summed E-state index contributed by atoms with van der Waals surface area (Å²) in [5.41, 5.74) is 8.61. The lowest BCUT2D eigenvalue weighted by Gasteiger charge is -2.35. The third-order valence-corrected chi connectivity index (χ3v) is 17.6. The number of sulfone groups is 2. The first-order valence-electron chi connectivity index (χ1n) is 22.5. The molecule has 370 valence electrons. The minimum atomic E-state index is -4.09. The molecule has 0 spiro atoms. The van der Waals surface area contributed by atoms with Crippen LogP contribution in [0.1, 0.15) is 82.8 Å². The van der Waals surface area contributed by atoms with Gasteiger partial charge in [0.15, 0.2) is 35.5 Å². The summed E-state index contributed by atoms with van der Waals surface area (Å²) in [5, 5.41) is 9.11. The fourth-order valence-electron chi connectivity index (χ4n) is 8.32. The number of carbonyl (C=O) groups excluding carboxylic acids is 2. The lowest BCUT2D eigenvalue weighted by molar-refractivity contribution is -0.202. The van der Waals surface area contributed by atoms with E-state index in [0.717, 1.165) is 60.1 Å². The lowest BCUT2D eigenvalue weighted by atomic mass is 9.98. The van der Waals surface area contributed by atoms with Crippen molar-refractivity contribution in [3.8, 4) is 22.3 Å². The fraction of sp³-hybridized carbons (Fsp3) is 0.469. The van der Waals surface area contributed by atoms with E-state index in [1.165, 1.54) is 29.7 Å². The van der Waals surface area contributed by atoms with E-state index in [9.17, 15) is 44.0 Å². The van der Waals surface area contributed by atoms with Crippen LogP contribution in [0.4, 0.5) is 17.6 Å².